The molecule has 1 saturated carbocycles. The fourth-order valence-corrected chi connectivity index (χ4v) is 1.36. The van der Waals surface area contributed by atoms with Crippen LogP contribution in [0.5, 0.6) is 0 Å². The van der Waals surface area contributed by atoms with Crippen molar-refractivity contribution in [2.24, 2.45) is 0 Å². The molecule has 0 heterocycles. The van der Waals surface area contributed by atoms with Gasteiger partial charge in [0, 0.05) is 11.7 Å². The van der Waals surface area contributed by atoms with Gasteiger partial charge in [-0.05, 0) is 31.0 Å². The number of amides is 1. The Balaban J connectivity index is 1.85. The maximum absolute atomic E-state index is 13.3. The fourth-order valence-electron chi connectivity index (χ4n) is 1.36. The van der Waals surface area contributed by atoms with Gasteiger partial charge in [0.15, 0.2) is 0 Å². The number of carbonyl (C=O) groups is 1. The Kier molecular flexibility index (Phi) is 2.94. The summed E-state index contributed by atoms with van der Waals surface area (Å²) in [4.78, 5) is 11.3. The summed E-state index contributed by atoms with van der Waals surface area (Å²) >= 11 is 0. The summed E-state index contributed by atoms with van der Waals surface area (Å²) in [5.74, 6) is -0.557. The first-order chi connectivity index (χ1) is 7.65. The normalized spacial score (nSPS) is 14.6. The monoisotopic (exact) mass is 223 g/mol. The summed E-state index contributed by atoms with van der Waals surface area (Å²) in [6.45, 7) is 0.0807. The van der Waals surface area contributed by atoms with Crippen LogP contribution in [-0.4, -0.2) is 18.5 Å². The zero-order valence-electron chi connectivity index (χ0n) is 8.79. The van der Waals surface area contributed by atoms with Crippen molar-refractivity contribution in [2.75, 3.05) is 17.6 Å². The van der Waals surface area contributed by atoms with E-state index in [0.717, 1.165) is 12.8 Å². The van der Waals surface area contributed by atoms with Crippen LogP contribution in [0, 0.1) is 5.82 Å². The van der Waals surface area contributed by atoms with Gasteiger partial charge in [-0.3, -0.25) is 4.79 Å². The van der Waals surface area contributed by atoms with Crippen LogP contribution in [0.2, 0.25) is 0 Å². The molecule has 1 aromatic rings. The molecular weight excluding hydrogens is 209 g/mol. The van der Waals surface area contributed by atoms with Gasteiger partial charge in [0.25, 0.3) is 0 Å². The minimum Gasteiger partial charge on any atom is -0.399 e. The lowest BCUT2D eigenvalue weighted by Crippen LogP contribution is -2.31. The predicted octanol–water partition coefficient (Wildman–Crippen LogP) is 1.10. The topological polar surface area (TPSA) is 67.1 Å². The second-order valence-electron chi connectivity index (χ2n) is 3.93. The van der Waals surface area contributed by atoms with E-state index in [0.29, 0.717) is 17.4 Å². The molecule has 0 saturated heterocycles. The van der Waals surface area contributed by atoms with Crippen molar-refractivity contribution in [3.63, 3.8) is 0 Å². The van der Waals surface area contributed by atoms with E-state index in [-0.39, 0.29) is 12.5 Å². The summed E-state index contributed by atoms with van der Waals surface area (Å²) < 4.78 is 13.3. The van der Waals surface area contributed by atoms with Gasteiger partial charge < -0.3 is 16.4 Å². The molecule has 0 unspecified atom stereocenters. The van der Waals surface area contributed by atoms with Crippen LogP contribution in [0.15, 0.2) is 18.2 Å². The molecule has 1 amide bonds. The van der Waals surface area contributed by atoms with E-state index in [1.165, 1.54) is 12.1 Å². The number of benzene rings is 1. The minimum atomic E-state index is -0.445. The number of hydrogen-bond acceptors (Lipinski definition) is 3. The Hall–Kier alpha value is -1.78. The molecule has 2 rings (SSSR count). The summed E-state index contributed by atoms with van der Waals surface area (Å²) in [5.41, 5.74) is 6.07. The van der Waals surface area contributed by atoms with Gasteiger partial charge in [-0.1, -0.05) is 0 Å². The molecule has 1 aliphatic carbocycles. The molecule has 5 heteroatoms. The van der Waals surface area contributed by atoms with Crippen molar-refractivity contribution in [1.82, 2.24) is 5.32 Å². The van der Waals surface area contributed by atoms with Crippen molar-refractivity contribution in [1.29, 1.82) is 0 Å². The van der Waals surface area contributed by atoms with E-state index in [1.54, 1.807) is 6.07 Å². The van der Waals surface area contributed by atoms with E-state index < -0.39 is 5.82 Å². The Morgan fingerprint density at radius 1 is 1.50 bits per heavy atom. The van der Waals surface area contributed by atoms with Gasteiger partial charge >= 0.3 is 0 Å². The van der Waals surface area contributed by atoms with Crippen molar-refractivity contribution in [3.8, 4) is 0 Å². The molecule has 86 valence electrons. The first kappa shape index (κ1) is 10.7. The summed E-state index contributed by atoms with van der Waals surface area (Å²) in [7, 11) is 0. The lowest BCUT2D eigenvalue weighted by atomic mass is 10.2. The standard InChI is InChI=1S/C11H14FN3O/c12-9-5-7(13)1-4-10(9)14-6-11(16)15-8-2-3-8/h1,4-5,8,14H,2-3,6,13H2,(H,15,16). The van der Waals surface area contributed by atoms with Gasteiger partial charge in [-0.15, -0.1) is 0 Å². The van der Waals surface area contributed by atoms with Gasteiger partial charge in [0.2, 0.25) is 5.91 Å². The summed E-state index contributed by atoms with van der Waals surface area (Å²) in [6, 6.07) is 4.66. The molecule has 0 radical (unpaired) electrons. The second-order valence-corrected chi connectivity index (χ2v) is 3.93. The SMILES string of the molecule is Nc1ccc(NCC(=O)NC2CC2)c(F)c1. The smallest absolute Gasteiger partial charge is 0.239 e. The molecule has 16 heavy (non-hydrogen) atoms. The second kappa shape index (κ2) is 4.38. The fraction of sp³-hybridized carbons (Fsp3) is 0.364. The average molecular weight is 223 g/mol. The zero-order valence-corrected chi connectivity index (χ0v) is 8.79. The van der Waals surface area contributed by atoms with Gasteiger partial charge in [0.1, 0.15) is 5.82 Å². The Labute approximate surface area is 93.0 Å². The van der Waals surface area contributed by atoms with E-state index >= 15 is 0 Å². The highest BCUT2D eigenvalue weighted by Crippen LogP contribution is 2.19. The number of nitrogen functional groups attached to an aromatic ring is 1. The number of carbonyl (C=O) groups excluding carboxylic acids is 1. The maximum Gasteiger partial charge on any atom is 0.239 e. The Morgan fingerprint density at radius 2 is 2.25 bits per heavy atom. The van der Waals surface area contributed by atoms with Crippen molar-refractivity contribution in [3.05, 3.63) is 24.0 Å². The molecule has 0 spiro atoms. The predicted molar refractivity (Wildman–Crippen MR) is 60.5 cm³/mol. The third-order valence-corrected chi connectivity index (χ3v) is 2.38. The van der Waals surface area contributed by atoms with Crippen LogP contribution >= 0.6 is 0 Å². The lowest BCUT2D eigenvalue weighted by Gasteiger charge is -2.08. The van der Waals surface area contributed by atoms with Crippen LogP contribution < -0.4 is 16.4 Å². The third-order valence-electron chi connectivity index (χ3n) is 2.38. The minimum absolute atomic E-state index is 0.0807. The highest BCUT2D eigenvalue weighted by molar-refractivity contribution is 5.81. The van der Waals surface area contributed by atoms with Crippen molar-refractivity contribution < 1.29 is 9.18 Å². The Morgan fingerprint density at radius 3 is 2.88 bits per heavy atom. The quantitative estimate of drug-likeness (QED) is 0.669. The average Bonchev–Trinajstić information content (AvgIpc) is 3.00. The molecule has 0 bridgehead atoms. The molecule has 0 aromatic heterocycles. The van der Waals surface area contributed by atoms with Crippen LogP contribution in [0.3, 0.4) is 0 Å². The van der Waals surface area contributed by atoms with Crippen LogP contribution in [0.1, 0.15) is 12.8 Å². The van der Waals surface area contributed by atoms with Crippen LogP contribution in [0.25, 0.3) is 0 Å². The summed E-state index contributed by atoms with van der Waals surface area (Å²) in [6.07, 6.45) is 2.09. The van der Waals surface area contributed by atoms with E-state index in [9.17, 15) is 9.18 Å². The number of anilines is 2. The molecule has 0 atom stereocenters. The van der Waals surface area contributed by atoms with E-state index in [2.05, 4.69) is 10.6 Å². The maximum atomic E-state index is 13.3. The number of nitrogens with two attached hydrogens (primary N) is 1. The highest BCUT2D eigenvalue weighted by Gasteiger charge is 2.22. The third kappa shape index (κ3) is 2.85. The molecule has 1 aromatic carbocycles. The highest BCUT2D eigenvalue weighted by atomic mass is 19.1. The number of nitrogens with one attached hydrogen (secondary N) is 2. The van der Waals surface area contributed by atoms with Gasteiger partial charge in [0.05, 0.1) is 12.2 Å². The molecule has 4 nitrogen and oxygen atoms in total. The van der Waals surface area contributed by atoms with E-state index in [4.69, 9.17) is 5.73 Å². The van der Waals surface area contributed by atoms with Gasteiger partial charge in [-0.25, -0.2) is 4.39 Å². The number of rotatable bonds is 4. The van der Waals surface area contributed by atoms with Crippen LogP contribution in [0.4, 0.5) is 15.8 Å². The Bertz CT molecular complexity index is 404. The molecule has 1 aliphatic rings. The molecular formula is C11H14FN3O. The molecule has 1 fully saturated rings. The summed E-state index contributed by atoms with van der Waals surface area (Å²) in [5, 5.41) is 5.54. The van der Waals surface area contributed by atoms with E-state index in [1.807, 2.05) is 0 Å². The number of hydrogen-bond donors (Lipinski definition) is 3. The van der Waals surface area contributed by atoms with Crippen molar-refractivity contribution >= 4 is 17.3 Å². The van der Waals surface area contributed by atoms with Crippen LogP contribution in [-0.2, 0) is 4.79 Å². The van der Waals surface area contributed by atoms with Crippen molar-refractivity contribution in [2.45, 2.75) is 18.9 Å². The zero-order chi connectivity index (χ0) is 11.5. The first-order valence-corrected chi connectivity index (χ1v) is 5.23. The number of halogens is 1. The first-order valence-electron chi connectivity index (χ1n) is 5.23. The molecule has 0 aliphatic heterocycles. The largest absolute Gasteiger partial charge is 0.399 e. The van der Waals surface area contributed by atoms with Gasteiger partial charge in [-0.2, -0.15) is 0 Å². The molecule has 4 N–H and O–H groups in total. The lowest BCUT2D eigenvalue weighted by molar-refractivity contribution is -0.119.